The van der Waals surface area contributed by atoms with Gasteiger partial charge in [-0.1, -0.05) is 24.3 Å². The number of carboxylic acid groups (broad SMARTS) is 1. The Kier molecular flexibility index (Phi) is 2.85. The largest absolute Gasteiger partial charge is 0.491 e. The van der Waals surface area contributed by atoms with Crippen LogP contribution in [0.2, 0.25) is 0 Å². The second kappa shape index (κ2) is 4.53. The van der Waals surface area contributed by atoms with Crippen molar-refractivity contribution in [2.24, 2.45) is 0 Å². The zero-order valence-corrected chi connectivity index (χ0v) is 10.0. The van der Waals surface area contributed by atoms with Gasteiger partial charge in [0.25, 0.3) is 0 Å². The van der Waals surface area contributed by atoms with Crippen LogP contribution in [0.5, 0.6) is 0 Å². The predicted molar refractivity (Wildman–Crippen MR) is 71.2 cm³/mol. The molecule has 0 aliphatic carbocycles. The quantitative estimate of drug-likeness (QED) is 0.792. The molecule has 2 aromatic carbocycles. The summed E-state index contributed by atoms with van der Waals surface area (Å²) in [6, 6.07) is 12.4. The number of carbonyl (C=O) groups is 1. The van der Waals surface area contributed by atoms with Crippen LogP contribution in [0.15, 0.2) is 42.5 Å². The van der Waals surface area contributed by atoms with Crippen LogP contribution in [-0.4, -0.2) is 23.2 Å². The molecule has 3 rings (SSSR count). The van der Waals surface area contributed by atoms with E-state index in [0.29, 0.717) is 6.61 Å². The first kappa shape index (κ1) is 12.0. The molecule has 0 fully saturated rings. The molecule has 1 aliphatic heterocycles. The number of fused-ring (bicyclic) bond motifs is 1. The van der Waals surface area contributed by atoms with Crippen molar-refractivity contribution in [3.8, 4) is 11.1 Å². The summed E-state index contributed by atoms with van der Waals surface area (Å²) in [5, 5.41) is 18.6. The summed E-state index contributed by atoms with van der Waals surface area (Å²) in [7, 11) is -0.852. The average molecular weight is 254 g/mol. The highest BCUT2D eigenvalue weighted by Gasteiger charge is 2.27. The third-order valence-electron chi connectivity index (χ3n) is 3.25. The molecule has 5 heteroatoms. The monoisotopic (exact) mass is 254 g/mol. The Morgan fingerprint density at radius 2 is 1.95 bits per heavy atom. The molecule has 0 saturated carbocycles. The second-order valence-corrected chi connectivity index (χ2v) is 4.46. The van der Waals surface area contributed by atoms with Gasteiger partial charge in [0.15, 0.2) is 0 Å². The highest BCUT2D eigenvalue weighted by molar-refractivity contribution is 6.61. The normalized spacial score (nSPS) is 13.4. The summed E-state index contributed by atoms with van der Waals surface area (Å²) < 4.78 is 5.14. The Hall–Kier alpha value is -2.11. The smallest absolute Gasteiger partial charge is 0.478 e. The Balaban J connectivity index is 2.03. The van der Waals surface area contributed by atoms with Crippen molar-refractivity contribution in [3.63, 3.8) is 0 Å². The van der Waals surface area contributed by atoms with Crippen LogP contribution < -0.4 is 5.46 Å². The van der Waals surface area contributed by atoms with E-state index in [4.69, 9.17) is 9.76 Å². The minimum Gasteiger partial charge on any atom is -0.478 e. The molecule has 2 N–H and O–H groups in total. The zero-order valence-electron chi connectivity index (χ0n) is 10.0. The Morgan fingerprint density at radius 1 is 1.16 bits per heavy atom. The van der Waals surface area contributed by atoms with E-state index in [9.17, 15) is 9.82 Å². The van der Waals surface area contributed by atoms with Crippen molar-refractivity contribution >= 4 is 18.6 Å². The van der Waals surface area contributed by atoms with Gasteiger partial charge >= 0.3 is 13.1 Å². The first-order chi connectivity index (χ1) is 9.15. The second-order valence-electron chi connectivity index (χ2n) is 4.46. The van der Waals surface area contributed by atoms with Crippen LogP contribution in [0.25, 0.3) is 11.1 Å². The third kappa shape index (κ3) is 2.14. The predicted octanol–water partition coefficient (Wildman–Crippen LogP) is 1.27. The minimum absolute atomic E-state index is 0.259. The van der Waals surface area contributed by atoms with E-state index in [1.165, 1.54) is 0 Å². The molecule has 0 unspecified atom stereocenters. The Bertz CT molecular complexity index is 654. The number of benzene rings is 2. The lowest BCUT2D eigenvalue weighted by molar-refractivity contribution is 0.0697. The van der Waals surface area contributed by atoms with E-state index in [1.54, 1.807) is 18.2 Å². The molecule has 0 radical (unpaired) electrons. The number of rotatable bonds is 2. The standard InChI is InChI=1S/C14H11BO4/c16-14(17)11-3-1-2-9(6-11)10-4-5-13-12(7-10)8-19-15(13)18/h1-7,18H,8H2,(H,16,17). The number of hydrogen-bond acceptors (Lipinski definition) is 3. The summed E-state index contributed by atoms with van der Waals surface area (Å²) in [4.78, 5) is 11.0. The third-order valence-corrected chi connectivity index (χ3v) is 3.25. The molecule has 19 heavy (non-hydrogen) atoms. The fraction of sp³-hybridized carbons (Fsp3) is 0.0714. The van der Waals surface area contributed by atoms with Crippen molar-refractivity contribution < 1.29 is 19.6 Å². The first-order valence-corrected chi connectivity index (χ1v) is 5.91. The van der Waals surface area contributed by atoms with Gasteiger partial charge in [0, 0.05) is 0 Å². The SMILES string of the molecule is O=C(O)c1cccc(-c2ccc3c(c2)COB3O)c1. The van der Waals surface area contributed by atoms with Gasteiger partial charge in [0.2, 0.25) is 0 Å². The summed E-state index contributed by atoms with van der Waals surface area (Å²) in [5.74, 6) is -0.943. The molecule has 0 saturated heterocycles. The molecule has 2 aromatic rings. The Morgan fingerprint density at radius 3 is 2.74 bits per heavy atom. The topological polar surface area (TPSA) is 66.8 Å². The van der Waals surface area contributed by atoms with Crippen molar-refractivity contribution in [2.75, 3.05) is 0 Å². The van der Waals surface area contributed by atoms with Crippen LogP contribution in [0.4, 0.5) is 0 Å². The molecular weight excluding hydrogens is 243 g/mol. The molecule has 1 heterocycles. The van der Waals surface area contributed by atoms with E-state index in [0.717, 1.165) is 22.2 Å². The molecular formula is C14H11BO4. The van der Waals surface area contributed by atoms with Crippen molar-refractivity contribution in [1.82, 2.24) is 0 Å². The lowest BCUT2D eigenvalue weighted by atomic mass is 9.79. The first-order valence-electron chi connectivity index (χ1n) is 5.91. The number of aromatic carboxylic acids is 1. The van der Waals surface area contributed by atoms with Crippen molar-refractivity contribution in [3.05, 3.63) is 53.6 Å². The van der Waals surface area contributed by atoms with E-state index >= 15 is 0 Å². The molecule has 1 aliphatic rings. The minimum atomic E-state index is -0.943. The van der Waals surface area contributed by atoms with Gasteiger partial charge in [-0.3, -0.25) is 0 Å². The fourth-order valence-electron chi connectivity index (χ4n) is 2.24. The Labute approximate surface area is 110 Å². The molecule has 0 atom stereocenters. The van der Waals surface area contributed by atoms with Gasteiger partial charge < -0.3 is 14.8 Å². The molecule has 0 aromatic heterocycles. The van der Waals surface area contributed by atoms with Crippen molar-refractivity contribution in [2.45, 2.75) is 6.61 Å². The maximum Gasteiger partial charge on any atom is 0.491 e. The maximum atomic E-state index is 11.0. The zero-order chi connectivity index (χ0) is 13.4. The van der Waals surface area contributed by atoms with Gasteiger partial charge in [-0.2, -0.15) is 0 Å². The molecule has 4 nitrogen and oxygen atoms in total. The summed E-state index contributed by atoms with van der Waals surface area (Å²) in [6.07, 6.45) is 0. The highest BCUT2D eigenvalue weighted by atomic mass is 16.5. The maximum absolute atomic E-state index is 11.0. The van der Waals surface area contributed by atoms with E-state index < -0.39 is 13.1 Å². The fourth-order valence-corrected chi connectivity index (χ4v) is 2.24. The summed E-state index contributed by atoms with van der Waals surface area (Å²) in [6.45, 7) is 0.378. The van der Waals surface area contributed by atoms with Gasteiger partial charge in [-0.05, 0) is 40.4 Å². The lowest BCUT2D eigenvalue weighted by Crippen LogP contribution is -2.27. The average Bonchev–Trinajstić information content (AvgIpc) is 2.80. The summed E-state index contributed by atoms with van der Waals surface area (Å²) in [5.41, 5.74) is 3.72. The number of carboxylic acids is 1. The molecule has 0 amide bonds. The van der Waals surface area contributed by atoms with Crippen LogP contribution in [-0.2, 0) is 11.3 Å². The number of hydrogen-bond donors (Lipinski definition) is 2. The molecule has 94 valence electrons. The van der Waals surface area contributed by atoms with Crippen LogP contribution in [0, 0.1) is 0 Å². The van der Waals surface area contributed by atoms with Gasteiger partial charge in [-0.25, -0.2) is 4.79 Å². The van der Waals surface area contributed by atoms with Crippen LogP contribution in [0.1, 0.15) is 15.9 Å². The lowest BCUT2D eigenvalue weighted by Gasteiger charge is -2.05. The van der Waals surface area contributed by atoms with E-state index in [1.807, 2.05) is 24.3 Å². The van der Waals surface area contributed by atoms with Crippen molar-refractivity contribution in [1.29, 1.82) is 0 Å². The van der Waals surface area contributed by atoms with Crippen LogP contribution in [0.3, 0.4) is 0 Å². The van der Waals surface area contributed by atoms with Gasteiger partial charge in [0.1, 0.15) is 0 Å². The molecule has 0 spiro atoms. The van der Waals surface area contributed by atoms with Gasteiger partial charge in [0.05, 0.1) is 12.2 Å². The highest BCUT2D eigenvalue weighted by Crippen LogP contribution is 2.23. The van der Waals surface area contributed by atoms with E-state index in [-0.39, 0.29) is 5.56 Å². The summed E-state index contributed by atoms with van der Waals surface area (Å²) >= 11 is 0. The van der Waals surface area contributed by atoms with E-state index in [2.05, 4.69) is 0 Å². The van der Waals surface area contributed by atoms with Crippen LogP contribution >= 0.6 is 0 Å². The molecule has 0 bridgehead atoms. The van der Waals surface area contributed by atoms with Gasteiger partial charge in [-0.15, -0.1) is 0 Å².